The van der Waals surface area contributed by atoms with Crippen molar-refractivity contribution in [2.24, 2.45) is 7.05 Å². The molecule has 4 aromatic rings. The van der Waals surface area contributed by atoms with Crippen LogP contribution in [0.3, 0.4) is 0 Å². The highest BCUT2D eigenvalue weighted by molar-refractivity contribution is 6.36. The number of nitrogens with one attached hydrogen (secondary N) is 4. The first kappa shape index (κ1) is 32.6. The molecule has 0 unspecified atom stereocenters. The third kappa shape index (κ3) is 6.89. The van der Waals surface area contributed by atoms with Gasteiger partial charge in [0.1, 0.15) is 11.4 Å². The van der Waals surface area contributed by atoms with E-state index in [2.05, 4.69) is 36.1 Å². The third-order valence-corrected chi connectivity index (χ3v) is 8.45. The van der Waals surface area contributed by atoms with Crippen LogP contribution >= 0.6 is 11.6 Å². The van der Waals surface area contributed by atoms with E-state index in [0.29, 0.717) is 52.2 Å². The number of imidazole rings is 1. The van der Waals surface area contributed by atoms with Crippen molar-refractivity contribution in [2.45, 2.75) is 26.4 Å². The molecule has 0 saturated heterocycles. The highest BCUT2D eigenvalue weighted by atomic mass is 35.5. The molecule has 5 rings (SSSR count). The van der Waals surface area contributed by atoms with Crippen molar-refractivity contribution >= 4 is 40.7 Å². The number of halogens is 1. The number of aromatic nitrogens is 3. The molecule has 0 bridgehead atoms. The van der Waals surface area contributed by atoms with Crippen molar-refractivity contribution in [3.8, 4) is 16.9 Å². The number of likely N-dealkylation sites (N-methyl/N-ethyl adjacent to an activating group) is 2. The van der Waals surface area contributed by atoms with Crippen molar-refractivity contribution < 1.29 is 19.1 Å². The Morgan fingerprint density at radius 1 is 1.02 bits per heavy atom. The number of pyridine rings is 1. The number of rotatable bonds is 10. The predicted octanol–water partition coefficient (Wildman–Crippen LogP) is 3.78. The Labute approximate surface area is 272 Å². The van der Waals surface area contributed by atoms with Crippen LogP contribution in [0.15, 0.2) is 48.7 Å². The maximum atomic E-state index is 13.3. The van der Waals surface area contributed by atoms with Gasteiger partial charge in [0.05, 0.1) is 30.1 Å². The second-order valence-electron chi connectivity index (χ2n) is 11.1. The van der Waals surface area contributed by atoms with Gasteiger partial charge in [0.2, 0.25) is 5.91 Å². The molecule has 0 saturated carbocycles. The van der Waals surface area contributed by atoms with Gasteiger partial charge < -0.3 is 35.5 Å². The fraction of sp³-hybridized carbons (Fsp3) is 0.303. The molecule has 0 aliphatic carbocycles. The molecule has 46 heavy (non-hydrogen) atoms. The number of benzene rings is 2. The number of nitrogens with zero attached hydrogens (tertiary/aromatic N) is 4. The smallest absolute Gasteiger partial charge is 0.291 e. The van der Waals surface area contributed by atoms with Gasteiger partial charge in [-0.25, -0.2) is 4.98 Å². The summed E-state index contributed by atoms with van der Waals surface area (Å²) in [4.78, 5) is 49.2. The maximum Gasteiger partial charge on any atom is 0.291 e. The van der Waals surface area contributed by atoms with Crippen LogP contribution in [-0.4, -0.2) is 71.5 Å². The first-order chi connectivity index (χ1) is 22.1. The van der Waals surface area contributed by atoms with Gasteiger partial charge in [-0.3, -0.25) is 19.4 Å². The number of methoxy groups -OCH3 is 1. The Morgan fingerprint density at radius 3 is 2.48 bits per heavy atom. The zero-order chi connectivity index (χ0) is 33.0. The van der Waals surface area contributed by atoms with Crippen LogP contribution in [0.2, 0.25) is 5.02 Å². The van der Waals surface area contributed by atoms with Crippen LogP contribution in [0.5, 0.6) is 5.75 Å². The Hall–Kier alpha value is -4.78. The molecule has 12 nitrogen and oxygen atoms in total. The zero-order valence-electron chi connectivity index (χ0n) is 26.5. The van der Waals surface area contributed by atoms with Gasteiger partial charge in [-0.1, -0.05) is 35.9 Å². The average molecular weight is 645 g/mol. The molecular formula is C33H37ClN8O4. The summed E-state index contributed by atoms with van der Waals surface area (Å²) >= 11 is 6.88. The molecule has 1 aliphatic rings. The Balaban J connectivity index is 1.33. The molecule has 240 valence electrons. The fourth-order valence-corrected chi connectivity index (χ4v) is 5.71. The quantitative estimate of drug-likeness (QED) is 0.204. The van der Waals surface area contributed by atoms with Gasteiger partial charge >= 0.3 is 0 Å². The van der Waals surface area contributed by atoms with Gasteiger partial charge in [0, 0.05) is 74.9 Å². The van der Waals surface area contributed by atoms with Gasteiger partial charge in [0.15, 0.2) is 5.82 Å². The topological polar surface area (TPSA) is 143 Å². The first-order valence-electron chi connectivity index (χ1n) is 14.8. The lowest BCUT2D eigenvalue weighted by molar-refractivity contribution is -0.119. The van der Waals surface area contributed by atoms with Crippen LogP contribution in [0, 0.1) is 6.92 Å². The molecule has 1 aliphatic heterocycles. The summed E-state index contributed by atoms with van der Waals surface area (Å²) in [5.41, 5.74) is 6.15. The number of hydrogen-bond donors (Lipinski definition) is 4. The van der Waals surface area contributed by atoms with E-state index < -0.39 is 5.91 Å². The van der Waals surface area contributed by atoms with E-state index in [1.54, 1.807) is 31.4 Å². The highest BCUT2D eigenvalue weighted by Gasteiger charge is 2.25. The lowest BCUT2D eigenvalue weighted by Gasteiger charge is -2.21. The van der Waals surface area contributed by atoms with Gasteiger partial charge in [-0.15, -0.1) is 0 Å². The van der Waals surface area contributed by atoms with Crippen molar-refractivity contribution in [1.29, 1.82) is 0 Å². The summed E-state index contributed by atoms with van der Waals surface area (Å²) in [6, 6.07) is 12.5. The first-order valence-corrected chi connectivity index (χ1v) is 15.2. The molecule has 0 spiro atoms. The standard InChI is InChI=1S/C33H37ClN8O4/c1-19-21(8-6-10-23(19)39-32(44)25-14-28(46-5)20(16-37-25)15-36-17-29(43)35-2)22-9-7-11-24(30(22)34)40-33(45)31-38-26-18-41(3)13-12-27(26)42(31)4/h6-11,14,16,36H,12-13,15,17-18H2,1-5H3,(H,35,43)(H,39,44)(H,40,45). The normalized spacial score (nSPS) is 12.7. The van der Waals surface area contributed by atoms with Gasteiger partial charge in [-0.05, 0) is 37.2 Å². The Kier molecular flexibility index (Phi) is 10.0. The van der Waals surface area contributed by atoms with Crippen molar-refractivity contribution in [3.05, 3.63) is 87.7 Å². The minimum absolute atomic E-state index is 0.139. The number of hydrogen-bond acceptors (Lipinski definition) is 8. The summed E-state index contributed by atoms with van der Waals surface area (Å²) < 4.78 is 7.33. The van der Waals surface area contributed by atoms with E-state index >= 15 is 0 Å². The molecule has 3 heterocycles. The fourth-order valence-electron chi connectivity index (χ4n) is 5.44. The van der Waals surface area contributed by atoms with Gasteiger partial charge in [-0.2, -0.15) is 0 Å². The summed E-state index contributed by atoms with van der Waals surface area (Å²) in [5, 5.41) is 11.8. The SMILES string of the molecule is CNC(=O)CNCc1cnc(C(=O)Nc2cccc(-c3cccc(NC(=O)c4nc5c(n4C)CCN(C)C5)c3Cl)c2C)cc1OC. The molecule has 2 aromatic heterocycles. The summed E-state index contributed by atoms with van der Waals surface area (Å²) in [6.07, 6.45) is 2.38. The van der Waals surface area contributed by atoms with E-state index in [-0.39, 0.29) is 24.1 Å². The van der Waals surface area contributed by atoms with E-state index in [9.17, 15) is 14.4 Å². The number of amides is 3. The van der Waals surface area contributed by atoms with Crippen LogP contribution in [0.4, 0.5) is 11.4 Å². The molecule has 13 heteroatoms. The second kappa shape index (κ2) is 14.1. The van der Waals surface area contributed by atoms with E-state index in [0.717, 1.165) is 35.5 Å². The molecule has 3 amide bonds. The van der Waals surface area contributed by atoms with Crippen LogP contribution < -0.4 is 26.0 Å². The van der Waals surface area contributed by atoms with Crippen molar-refractivity contribution in [2.75, 3.05) is 44.9 Å². The lowest BCUT2D eigenvalue weighted by Crippen LogP contribution is -2.31. The molecule has 0 fully saturated rings. The molecular weight excluding hydrogens is 608 g/mol. The Bertz CT molecular complexity index is 1800. The van der Waals surface area contributed by atoms with Gasteiger partial charge in [0.25, 0.3) is 11.8 Å². The Morgan fingerprint density at radius 2 is 1.74 bits per heavy atom. The molecule has 0 atom stereocenters. The van der Waals surface area contributed by atoms with Crippen molar-refractivity contribution in [1.82, 2.24) is 30.1 Å². The maximum absolute atomic E-state index is 13.3. The third-order valence-electron chi connectivity index (χ3n) is 8.04. The highest BCUT2D eigenvalue weighted by Crippen LogP contribution is 2.37. The number of anilines is 2. The minimum atomic E-state index is -0.417. The molecule has 4 N–H and O–H groups in total. The lowest BCUT2D eigenvalue weighted by atomic mass is 9.98. The van der Waals surface area contributed by atoms with E-state index in [4.69, 9.17) is 16.3 Å². The van der Waals surface area contributed by atoms with Crippen molar-refractivity contribution in [3.63, 3.8) is 0 Å². The molecule has 0 radical (unpaired) electrons. The summed E-state index contributed by atoms with van der Waals surface area (Å²) in [5.74, 6) is -0.0964. The summed E-state index contributed by atoms with van der Waals surface area (Å²) in [6.45, 7) is 3.98. The number of carbonyl (C=O) groups is 3. The number of fused-ring (bicyclic) bond motifs is 1. The average Bonchev–Trinajstić information content (AvgIpc) is 3.38. The van der Waals surface area contributed by atoms with Crippen LogP contribution in [0.25, 0.3) is 11.1 Å². The monoisotopic (exact) mass is 644 g/mol. The largest absolute Gasteiger partial charge is 0.496 e. The number of carbonyl (C=O) groups excluding carboxylic acids is 3. The zero-order valence-corrected chi connectivity index (χ0v) is 27.2. The molecule has 2 aromatic carbocycles. The van der Waals surface area contributed by atoms with Crippen LogP contribution in [0.1, 0.15) is 43.6 Å². The van der Waals surface area contributed by atoms with Crippen LogP contribution in [-0.2, 0) is 31.4 Å². The van der Waals surface area contributed by atoms with E-state index in [1.165, 1.54) is 7.11 Å². The predicted molar refractivity (Wildman–Crippen MR) is 177 cm³/mol. The minimum Gasteiger partial charge on any atom is -0.496 e. The van der Waals surface area contributed by atoms with E-state index in [1.807, 2.05) is 49.9 Å². The number of ether oxygens (including phenoxy) is 1. The second-order valence-corrected chi connectivity index (χ2v) is 11.5. The summed E-state index contributed by atoms with van der Waals surface area (Å²) in [7, 11) is 6.97.